The number of amides is 1. The smallest absolute Gasteiger partial charge is 0.326 e. The lowest BCUT2D eigenvalue weighted by atomic mass is 9.84. The van der Waals surface area contributed by atoms with Gasteiger partial charge in [0.15, 0.2) is 0 Å². The standard InChI is InChI=1S/C20H27NO4/c22-19(21-18(20(23)24)17-7-4-12-25-13-17)16-10-8-15(9-11-16)14-5-2-1-3-6-14/h8-11,14,17-18H,1-7,12-13H2,(H,21,22)(H,23,24). The number of nitrogens with one attached hydrogen (secondary N) is 1. The van der Waals surface area contributed by atoms with Crippen LogP contribution in [0.1, 0.15) is 66.8 Å². The number of carbonyl (C=O) groups excluding carboxylic acids is 1. The van der Waals surface area contributed by atoms with Gasteiger partial charge in [-0.1, -0.05) is 31.4 Å². The summed E-state index contributed by atoms with van der Waals surface area (Å²) in [5, 5.41) is 12.1. The molecule has 1 saturated carbocycles. The van der Waals surface area contributed by atoms with Crippen LogP contribution >= 0.6 is 0 Å². The van der Waals surface area contributed by atoms with Gasteiger partial charge in [0, 0.05) is 18.1 Å². The van der Waals surface area contributed by atoms with E-state index in [1.54, 1.807) is 0 Å². The van der Waals surface area contributed by atoms with Crippen LogP contribution in [-0.2, 0) is 9.53 Å². The summed E-state index contributed by atoms with van der Waals surface area (Å²) < 4.78 is 5.37. The van der Waals surface area contributed by atoms with Gasteiger partial charge in [0.1, 0.15) is 6.04 Å². The average molecular weight is 345 g/mol. The van der Waals surface area contributed by atoms with Crippen LogP contribution < -0.4 is 5.32 Å². The van der Waals surface area contributed by atoms with E-state index in [0.29, 0.717) is 24.7 Å². The van der Waals surface area contributed by atoms with Crippen molar-refractivity contribution in [2.24, 2.45) is 5.92 Å². The number of rotatable bonds is 5. The molecule has 0 spiro atoms. The third-order valence-electron chi connectivity index (χ3n) is 5.47. The molecule has 136 valence electrons. The third kappa shape index (κ3) is 4.60. The van der Waals surface area contributed by atoms with Crippen molar-refractivity contribution in [2.75, 3.05) is 13.2 Å². The normalized spacial score (nSPS) is 23.0. The molecule has 3 rings (SSSR count). The fraction of sp³-hybridized carbons (Fsp3) is 0.600. The van der Waals surface area contributed by atoms with Crippen molar-refractivity contribution in [3.63, 3.8) is 0 Å². The molecule has 1 aliphatic heterocycles. The van der Waals surface area contributed by atoms with Crippen molar-refractivity contribution in [1.82, 2.24) is 5.32 Å². The fourth-order valence-corrected chi connectivity index (χ4v) is 3.98. The Balaban J connectivity index is 1.63. The predicted octanol–water partition coefficient (Wildman–Crippen LogP) is 3.34. The average Bonchev–Trinajstić information content (AvgIpc) is 2.67. The van der Waals surface area contributed by atoms with Crippen LogP contribution in [-0.4, -0.2) is 36.2 Å². The molecule has 1 aromatic carbocycles. The summed E-state index contributed by atoms with van der Waals surface area (Å²) in [7, 11) is 0. The topological polar surface area (TPSA) is 75.6 Å². The van der Waals surface area contributed by atoms with Gasteiger partial charge in [-0.2, -0.15) is 0 Å². The van der Waals surface area contributed by atoms with Crippen LogP contribution in [0.4, 0.5) is 0 Å². The van der Waals surface area contributed by atoms with Crippen LogP contribution in [0.5, 0.6) is 0 Å². The van der Waals surface area contributed by atoms with E-state index in [9.17, 15) is 14.7 Å². The summed E-state index contributed by atoms with van der Waals surface area (Å²) >= 11 is 0. The summed E-state index contributed by atoms with van der Waals surface area (Å²) in [6.45, 7) is 1.05. The summed E-state index contributed by atoms with van der Waals surface area (Å²) in [5.41, 5.74) is 1.80. The van der Waals surface area contributed by atoms with Crippen LogP contribution in [0.2, 0.25) is 0 Å². The van der Waals surface area contributed by atoms with Crippen LogP contribution in [0, 0.1) is 5.92 Å². The summed E-state index contributed by atoms with van der Waals surface area (Å²) in [5.74, 6) is -0.899. The molecule has 2 atom stereocenters. The Kier molecular flexibility index (Phi) is 6.08. The number of benzene rings is 1. The van der Waals surface area contributed by atoms with Crippen LogP contribution in [0.15, 0.2) is 24.3 Å². The predicted molar refractivity (Wildman–Crippen MR) is 94.7 cm³/mol. The lowest BCUT2D eigenvalue weighted by Crippen LogP contribution is -2.48. The van der Waals surface area contributed by atoms with Crippen LogP contribution in [0.3, 0.4) is 0 Å². The van der Waals surface area contributed by atoms with E-state index >= 15 is 0 Å². The molecule has 2 aliphatic rings. The van der Waals surface area contributed by atoms with E-state index in [1.165, 1.54) is 37.7 Å². The number of hydrogen-bond donors (Lipinski definition) is 2. The molecule has 25 heavy (non-hydrogen) atoms. The van der Waals surface area contributed by atoms with Crippen molar-refractivity contribution in [2.45, 2.75) is 56.9 Å². The summed E-state index contributed by atoms with van der Waals surface area (Å²) in [6, 6.07) is 6.77. The Bertz CT molecular complexity index is 586. The first-order valence-electron chi connectivity index (χ1n) is 9.36. The van der Waals surface area contributed by atoms with Crippen molar-refractivity contribution in [1.29, 1.82) is 0 Å². The van der Waals surface area contributed by atoms with Gasteiger partial charge in [0.25, 0.3) is 5.91 Å². The third-order valence-corrected chi connectivity index (χ3v) is 5.47. The van der Waals surface area contributed by atoms with Crippen molar-refractivity contribution in [3.8, 4) is 0 Å². The minimum atomic E-state index is -0.998. The molecule has 1 aromatic rings. The number of carboxylic acids is 1. The zero-order chi connectivity index (χ0) is 17.6. The maximum absolute atomic E-state index is 12.5. The SMILES string of the molecule is O=C(NC(C(=O)O)C1CCCOC1)c1ccc(C2CCCCC2)cc1. The quantitative estimate of drug-likeness (QED) is 0.858. The molecule has 2 unspecified atom stereocenters. The zero-order valence-corrected chi connectivity index (χ0v) is 14.6. The molecule has 1 amide bonds. The number of carbonyl (C=O) groups is 2. The highest BCUT2D eigenvalue weighted by Gasteiger charge is 2.31. The summed E-state index contributed by atoms with van der Waals surface area (Å²) in [4.78, 5) is 24.0. The van der Waals surface area contributed by atoms with E-state index in [4.69, 9.17) is 4.74 Å². The second kappa shape index (κ2) is 8.48. The zero-order valence-electron chi connectivity index (χ0n) is 14.6. The molecule has 2 fully saturated rings. The Morgan fingerprint density at radius 3 is 2.36 bits per heavy atom. The maximum Gasteiger partial charge on any atom is 0.326 e. The lowest BCUT2D eigenvalue weighted by molar-refractivity contribution is -0.142. The highest BCUT2D eigenvalue weighted by atomic mass is 16.5. The maximum atomic E-state index is 12.5. The van der Waals surface area contributed by atoms with Crippen molar-refractivity contribution < 1.29 is 19.4 Å². The Morgan fingerprint density at radius 2 is 1.76 bits per heavy atom. The molecule has 2 N–H and O–H groups in total. The van der Waals surface area contributed by atoms with Gasteiger partial charge in [-0.05, 0) is 49.3 Å². The first kappa shape index (κ1) is 17.9. The molecule has 5 heteroatoms. The number of hydrogen-bond acceptors (Lipinski definition) is 3. The monoisotopic (exact) mass is 345 g/mol. The minimum absolute atomic E-state index is 0.170. The molecule has 1 aliphatic carbocycles. The molecule has 1 saturated heterocycles. The fourth-order valence-electron chi connectivity index (χ4n) is 3.98. The highest BCUT2D eigenvalue weighted by Crippen LogP contribution is 2.32. The van der Waals surface area contributed by atoms with Gasteiger partial charge in [-0.25, -0.2) is 4.79 Å². The second-order valence-electron chi connectivity index (χ2n) is 7.22. The van der Waals surface area contributed by atoms with Gasteiger partial charge in [0.05, 0.1) is 6.61 Å². The van der Waals surface area contributed by atoms with Gasteiger partial charge in [0.2, 0.25) is 0 Å². The second-order valence-corrected chi connectivity index (χ2v) is 7.22. The van der Waals surface area contributed by atoms with Gasteiger partial charge >= 0.3 is 5.97 Å². The van der Waals surface area contributed by atoms with Crippen molar-refractivity contribution in [3.05, 3.63) is 35.4 Å². The number of carboxylic acid groups (broad SMARTS) is 1. The largest absolute Gasteiger partial charge is 0.480 e. The van der Waals surface area contributed by atoms with E-state index in [2.05, 4.69) is 5.32 Å². The number of aliphatic carboxylic acids is 1. The van der Waals surface area contributed by atoms with Crippen LogP contribution in [0.25, 0.3) is 0 Å². The molecule has 0 aromatic heterocycles. The van der Waals surface area contributed by atoms with Gasteiger partial charge in [-0.3, -0.25) is 4.79 Å². The first-order valence-corrected chi connectivity index (χ1v) is 9.36. The number of ether oxygens (including phenoxy) is 1. The minimum Gasteiger partial charge on any atom is -0.480 e. The van der Waals surface area contributed by atoms with Gasteiger partial charge < -0.3 is 15.2 Å². The molecular formula is C20H27NO4. The Labute approximate surface area is 148 Å². The van der Waals surface area contributed by atoms with E-state index in [1.807, 2.05) is 24.3 Å². The van der Waals surface area contributed by atoms with Crippen molar-refractivity contribution >= 4 is 11.9 Å². The molecule has 5 nitrogen and oxygen atoms in total. The van der Waals surface area contributed by atoms with E-state index < -0.39 is 12.0 Å². The Morgan fingerprint density at radius 1 is 1.04 bits per heavy atom. The highest BCUT2D eigenvalue weighted by molar-refractivity contribution is 5.96. The molecule has 1 heterocycles. The lowest BCUT2D eigenvalue weighted by Gasteiger charge is -2.28. The summed E-state index contributed by atoms with van der Waals surface area (Å²) in [6.07, 6.45) is 7.90. The first-order chi connectivity index (χ1) is 12.1. The molecule has 0 radical (unpaired) electrons. The van der Waals surface area contributed by atoms with Gasteiger partial charge in [-0.15, -0.1) is 0 Å². The van der Waals surface area contributed by atoms with E-state index in [-0.39, 0.29) is 11.8 Å². The Hall–Kier alpha value is -1.88. The molecular weight excluding hydrogens is 318 g/mol. The molecule has 0 bridgehead atoms. The van der Waals surface area contributed by atoms with E-state index in [0.717, 1.165) is 12.8 Å².